The van der Waals surface area contributed by atoms with E-state index in [0.717, 1.165) is 12.0 Å². The summed E-state index contributed by atoms with van der Waals surface area (Å²) in [6.45, 7) is 6.31. The third-order valence-electron chi connectivity index (χ3n) is 8.30. The number of fused-ring (bicyclic) bond motifs is 2. The second kappa shape index (κ2) is 9.72. The van der Waals surface area contributed by atoms with Crippen LogP contribution in [0.15, 0.2) is 54.6 Å². The Morgan fingerprint density at radius 2 is 1.81 bits per heavy atom. The highest BCUT2D eigenvalue weighted by Crippen LogP contribution is 2.57. The van der Waals surface area contributed by atoms with Crippen molar-refractivity contribution in [1.82, 2.24) is 9.80 Å². The summed E-state index contributed by atoms with van der Waals surface area (Å²) >= 11 is 0. The quantitative estimate of drug-likeness (QED) is 0.485. The molecule has 37 heavy (non-hydrogen) atoms. The zero-order chi connectivity index (χ0) is 26.4. The molecule has 2 saturated heterocycles. The number of hydrogen-bond donors (Lipinski definition) is 1. The van der Waals surface area contributed by atoms with Crippen LogP contribution in [0.4, 0.5) is 0 Å². The van der Waals surface area contributed by atoms with Crippen molar-refractivity contribution >= 4 is 17.8 Å². The predicted molar refractivity (Wildman–Crippen MR) is 136 cm³/mol. The van der Waals surface area contributed by atoms with Crippen molar-refractivity contribution in [2.45, 2.75) is 63.4 Å². The molecule has 1 unspecified atom stereocenters. The molecule has 2 fully saturated rings. The number of benzene rings is 1. The summed E-state index contributed by atoms with van der Waals surface area (Å²) in [6.07, 6.45) is 8.94. The Morgan fingerprint density at radius 3 is 2.51 bits per heavy atom. The van der Waals surface area contributed by atoms with Gasteiger partial charge in [0.05, 0.1) is 30.8 Å². The van der Waals surface area contributed by atoms with Gasteiger partial charge >= 0.3 is 5.97 Å². The summed E-state index contributed by atoms with van der Waals surface area (Å²) in [4.78, 5) is 45.3. The van der Waals surface area contributed by atoms with E-state index in [-0.39, 0.29) is 30.9 Å². The fraction of sp³-hybridized carbons (Fsp3) is 0.552. The third kappa shape index (κ3) is 4.10. The topological polar surface area (TPSA) is 96.4 Å². The van der Waals surface area contributed by atoms with Gasteiger partial charge in [-0.3, -0.25) is 14.4 Å². The van der Waals surface area contributed by atoms with E-state index in [4.69, 9.17) is 9.47 Å². The van der Waals surface area contributed by atoms with Gasteiger partial charge in [-0.15, -0.1) is 0 Å². The molecule has 198 valence electrons. The Hall–Kier alpha value is -2.97. The van der Waals surface area contributed by atoms with Gasteiger partial charge in [0.1, 0.15) is 17.6 Å². The molecule has 1 aromatic rings. The number of carbonyl (C=O) groups is 3. The summed E-state index contributed by atoms with van der Waals surface area (Å²) in [5.41, 5.74) is -1.50. The zero-order valence-electron chi connectivity index (χ0n) is 21.7. The highest BCUT2D eigenvalue weighted by atomic mass is 16.6. The van der Waals surface area contributed by atoms with Crippen LogP contribution in [0.2, 0.25) is 0 Å². The number of amides is 2. The molecule has 1 spiro atoms. The van der Waals surface area contributed by atoms with Crippen molar-refractivity contribution in [3.8, 4) is 0 Å². The molecule has 4 aliphatic rings. The largest absolute Gasteiger partial charge is 0.465 e. The molecule has 8 nitrogen and oxygen atoms in total. The molecule has 4 heterocycles. The average Bonchev–Trinajstić information content (AvgIpc) is 3.22. The lowest BCUT2D eigenvalue weighted by Gasteiger charge is -2.41. The fourth-order valence-electron chi connectivity index (χ4n) is 6.54. The molecular formula is C29H36N2O6. The van der Waals surface area contributed by atoms with Gasteiger partial charge in [-0.2, -0.15) is 0 Å². The number of hydrogen-bond acceptors (Lipinski definition) is 6. The maximum Gasteiger partial charge on any atom is 0.313 e. The number of cyclic esters (lactones) is 1. The van der Waals surface area contributed by atoms with Gasteiger partial charge in [0.15, 0.2) is 0 Å². The van der Waals surface area contributed by atoms with Gasteiger partial charge in [0.25, 0.3) is 0 Å². The molecule has 0 aliphatic carbocycles. The van der Waals surface area contributed by atoms with Crippen LogP contribution >= 0.6 is 0 Å². The molecule has 4 aliphatic heterocycles. The summed E-state index contributed by atoms with van der Waals surface area (Å²) in [7, 11) is 0. The first kappa shape index (κ1) is 25.7. The Labute approximate surface area is 217 Å². The Morgan fingerprint density at radius 1 is 1.05 bits per heavy atom. The minimum Gasteiger partial charge on any atom is -0.465 e. The zero-order valence-corrected chi connectivity index (χ0v) is 21.7. The van der Waals surface area contributed by atoms with Crippen LogP contribution in [-0.4, -0.2) is 75.7 Å². The lowest BCUT2D eigenvalue weighted by molar-refractivity contribution is -0.162. The number of carbonyl (C=O) groups excluding carboxylic acids is 3. The molecule has 0 aromatic heterocycles. The third-order valence-corrected chi connectivity index (χ3v) is 8.30. The molecule has 0 radical (unpaired) electrons. The average molecular weight is 509 g/mol. The van der Waals surface area contributed by atoms with Gasteiger partial charge in [0.2, 0.25) is 11.8 Å². The van der Waals surface area contributed by atoms with Crippen LogP contribution in [0.1, 0.15) is 39.2 Å². The Balaban J connectivity index is 1.64. The highest BCUT2D eigenvalue weighted by molar-refractivity contribution is 5.99. The second-order valence-electron chi connectivity index (χ2n) is 11.1. The maximum absolute atomic E-state index is 14.3. The molecule has 8 heteroatoms. The van der Waals surface area contributed by atoms with E-state index in [0.29, 0.717) is 19.5 Å². The van der Waals surface area contributed by atoms with Crippen molar-refractivity contribution in [2.24, 2.45) is 17.8 Å². The predicted octanol–water partition coefficient (Wildman–Crippen LogP) is 2.47. The summed E-state index contributed by atoms with van der Waals surface area (Å²) in [5.74, 6) is -3.06. The van der Waals surface area contributed by atoms with Crippen LogP contribution in [0.25, 0.3) is 0 Å². The van der Waals surface area contributed by atoms with Gasteiger partial charge in [-0.1, -0.05) is 68.5 Å². The monoisotopic (exact) mass is 508 g/mol. The van der Waals surface area contributed by atoms with Crippen LogP contribution in [0.3, 0.4) is 0 Å². The number of nitrogens with zero attached hydrogens (tertiary/aromatic N) is 2. The van der Waals surface area contributed by atoms with Crippen molar-refractivity contribution in [3.63, 3.8) is 0 Å². The number of rotatable bonds is 5. The van der Waals surface area contributed by atoms with E-state index < -0.39 is 41.1 Å². The second-order valence-corrected chi connectivity index (χ2v) is 11.1. The molecular weight excluding hydrogens is 472 g/mol. The van der Waals surface area contributed by atoms with Gasteiger partial charge in [-0.05, 0) is 31.2 Å². The normalized spacial score (nSPS) is 35.2. The minimum absolute atomic E-state index is 0.119. The summed E-state index contributed by atoms with van der Waals surface area (Å²) in [6, 6.07) is 8.08. The minimum atomic E-state index is -1.36. The number of aliphatic hydroxyl groups is 1. The molecule has 5 rings (SSSR count). The maximum atomic E-state index is 14.3. The van der Waals surface area contributed by atoms with Gasteiger partial charge < -0.3 is 24.4 Å². The van der Waals surface area contributed by atoms with Crippen LogP contribution in [0, 0.1) is 17.8 Å². The van der Waals surface area contributed by atoms with E-state index in [1.54, 1.807) is 11.8 Å². The van der Waals surface area contributed by atoms with Crippen LogP contribution in [0.5, 0.6) is 0 Å². The van der Waals surface area contributed by atoms with Crippen molar-refractivity contribution in [1.29, 1.82) is 0 Å². The number of allylic oxidation sites excluding steroid dienone is 1. The van der Waals surface area contributed by atoms with E-state index >= 15 is 0 Å². The van der Waals surface area contributed by atoms with Gasteiger partial charge in [-0.25, -0.2) is 0 Å². The summed E-state index contributed by atoms with van der Waals surface area (Å²) in [5, 5.41) is 10.4. The fourth-order valence-corrected chi connectivity index (χ4v) is 6.54. The van der Waals surface area contributed by atoms with Crippen LogP contribution < -0.4 is 0 Å². The number of esters is 1. The first-order valence-corrected chi connectivity index (χ1v) is 13.2. The lowest BCUT2D eigenvalue weighted by atomic mass is 9.74. The van der Waals surface area contributed by atoms with Crippen molar-refractivity contribution in [2.75, 3.05) is 19.8 Å². The molecule has 1 aromatic carbocycles. The number of likely N-dealkylation sites (tertiary alicyclic amines) is 1. The van der Waals surface area contributed by atoms with Gasteiger partial charge in [0, 0.05) is 13.1 Å². The van der Waals surface area contributed by atoms with E-state index in [2.05, 4.69) is 0 Å². The molecule has 0 saturated carbocycles. The number of ether oxygens (including phenoxy) is 2. The van der Waals surface area contributed by atoms with E-state index in [9.17, 15) is 19.5 Å². The highest BCUT2D eigenvalue weighted by Gasteiger charge is 2.75. The first-order chi connectivity index (χ1) is 17.7. The standard InChI is InChI=1S/C29H36N2O6/c1-19(2)21(18-32)31-24-26(34)30(17-20-11-6-4-7-12-20)15-10-14-29(24)22(25(31)33)23-27(35)36-16-9-5-8-13-28(23,3)37-29/h4,6-8,10-14,19,21-24,32H,5,9,15-18H2,1-3H3/b13-8-/t21-,22-,23+,24?,28-,29-/m0/s1. The Bertz CT molecular complexity index is 1120. The van der Waals surface area contributed by atoms with Crippen molar-refractivity contribution in [3.05, 3.63) is 60.2 Å². The van der Waals surface area contributed by atoms with E-state index in [1.165, 1.54) is 4.90 Å². The Kier molecular flexibility index (Phi) is 6.75. The van der Waals surface area contributed by atoms with Crippen molar-refractivity contribution < 1.29 is 29.0 Å². The van der Waals surface area contributed by atoms with E-state index in [1.807, 2.05) is 68.5 Å². The SMILES string of the molecule is CC(C)[C@H](CO)N1C(=O)[C@@H]2[C@@H]3C(=O)OCCC/C=C\[C@]3(C)O[C@@]23C=CCN(Cc2ccccc2)C(=O)C13. The molecule has 1 N–H and O–H groups in total. The smallest absolute Gasteiger partial charge is 0.313 e. The number of aliphatic hydroxyl groups excluding tert-OH is 1. The molecule has 0 bridgehead atoms. The van der Waals surface area contributed by atoms with Crippen LogP contribution in [-0.2, 0) is 30.4 Å². The first-order valence-electron chi connectivity index (χ1n) is 13.2. The molecule has 6 atom stereocenters. The lowest BCUT2D eigenvalue weighted by Crippen LogP contribution is -2.59. The summed E-state index contributed by atoms with van der Waals surface area (Å²) < 4.78 is 12.4. The molecule has 2 amide bonds.